The second kappa shape index (κ2) is 9.47. The average molecular weight is 401 g/mol. The smallest absolute Gasteiger partial charge is 0.319 e. The number of benzene rings is 1. The van der Waals surface area contributed by atoms with Gasteiger partial charge in [0.1, 0.15) is 18.5 Å². The molecule has 158 valence electrons. The van der Waals surface area contributed by atoms with Crippen LogP contribution in [0.1, 0.15) is 25.8 Å². The second-order valence-electron chi connectivity index (χ2n) is 8.68. The van der Waals surface area contributed by atoms with Gasteiger partial charge in [0, 0.05) is 45.8 Å². The van der Waals surface area contributed by atoms with E-state index in [-0.39, 0.29) is 18.7 Å². The highest BCUT2D eigenvalue weighted by Crippen LogP contribution is 2.29. The Labute approximate surface area is 173 Å². The van der Waals surface area contributed by atoms with E-state index in [1.165, 1.54) is 0 Å². The molecule has 7 nitrogen and oxygen atoms in total. The van der Waals surface area contributed by atoms with Crippen LogP contribution in [0, 0.1) is 23.2 Å². The van der Waals surface area contributed by atoms with Crippen LogP contribution in [0.3, 0.4) is 0 Å². The Morgan fingerprint density at radius 2 is 1.86 bits per heavy atom. The predicted octanol–water partition coefficient (Wildman–Crippen LogP) is 2.01. The summed E-state index contributed by atoms with van der Waals surface area (Å²) in [6, 6.07) is 9.30. The highest BCUT2D eigenvalue weighted by molar-refractivity contribution is 5.74. The molecule has 0 aliphatic carbocycles. The Bertz CT molecular complexity index is 717. The molecule has 2 bridgehead atoms. The van der Waals surface area contributed by atoms with Crippen molar-refractivity contribution < 1.29 is 14.6 Å². The number of piperidine rings is 2. The van der Waals surface area contributed by atoms with Crippen molar-refractivity contribution in [2.24, 2.45) is 11.8 Å². The van der Waals surface area contributed by atoms with Crippen molar-refractivity contribution in [3.63, 3.8) is 0 Å². The first kappa shape index (κ1) is 21.4. The summed E-state index contributed by atoms with van der Waals surface area (Å²) in [5, 5.41) is 19.2. The van der Waals surface area contributed by atoms with Crippen molar-refractivity contribution in [2.45, 2.75) is 32.4 Å². The number of urea groups is 1. The number of hydrogen-bond acceptors (Lipinski definition) is 5. The number of nitrogens with zero attached hydrogens (tertiary/aromatic N) is 4. The molecular formula is C22H32N4O3. The quantitative estimate of drug-likeness (QED) is 0.790. The van der Waals surface area contributed by atoms with Gasteiger partial charge in [-0.15, -0.1) is 0 Å². The summed E-state index contributed by atoms with van der Waals surface area (Å²) in [5.74, 6) is 1.57. The van der Waals surface area contributed by atoms with Crippen molar-refractivity contribution >= 4 is 6.03 Å². The van der Waals surface area contributed by atoms with Crippen LogP contribution in [0.15, 0.2) is 24.3 Å². The summed E-state index contributed by atoms with van der Waals surface area (Å²) in [6.45, 7) is 8.25. The van der Waals surface area contributed by atoms with Gasteiger partial charge >= 0.3 is 6.03 Å². The van der Waals surface area contributed by atoms with Gasteiger partial charge in [-0.25, -0.2) is 4.79 Å². The van der Waals surface area contributed by atoms with E-state index in [1.54, 1.807) is 24.3 Å². The zero-order valence-corrected chi connectivity index (χ0v) is 17.6. The summed E-state index contributed by atoms with van der Waals surface area (Å²) < 4.78 is 5.66. The van der Waals surface area contributed by atoms with E-state index in [9.17, 15) is 9.90 Å². The number of carbonyl (C=O) groups excluding carboxylic acids is 1. The lowest BCUT2D eigenvalue weighted by molar-refractivity contribution is 0.00533. The minimum Gasteiger partial charge on any atom is -0.491 e. The van der Waals surface area contributed by atoms with E-state index in [1.807, 2.05) is 30.7 Å². The molecule has 29 heavy (non-hydrogen) atoms. The minimum absolute atomic E-state index is 0.124. The lowest BCUT2D eigenvalue weighted by Crippen LogP contribution is -2.57. The highest BCUT2D eigenvalue weighted by Gasteiger charge is 2.37. The molecule has 1 N–H and O–H groups in total. The fraction of sp³-hybridized carbons (Fsp3) is 0.636. The number of likely N-dealkylation sites (tertiary alicyclic amines) is 2. The maximum atomic E-state index is 12.7. The number of fused-ring (bicyclic) bond motifs is 2. The summed E-state index contributed by atoms with van der Waals surface area (Å²) in [7, 11) is 1.87. The van der Waals surface area contributed by atoms with Gasteiger partial charge in [-0.05, 0) is 56.4 Å². The maximum Gasteiger partial charge on any atom is 0.319 e. The van der Waals surface area contributed by atoms with Gasteiger partial charge in [-0.2, -0.15) is 5.26 Å². The molecule has 3 atom stereocenters. The Kier molecular flexibility index (Phi) is 6.99. The zero-order chi connectivity index (χ0) is 21.0. The predicted molar refractivity (Wildman–Crippen MR) is 111 cm³/mol. The van der Waals surface area contributed by atoms with Crippen molar-refractivity contribution in [2.75, 3.05) is 46.4 Å². The van der Waals surface area contributed by atoms with Gasteiger partial charge in [0.25, 0.3) is 0 Å². The van der Waals surface area contributed by atoms with Gasteiger partial charge in [-0.3, -0.25) is 4.90 Å². The zero-order valence-electron chi connectivity index (χ0n) is 17.6. The van der Waals surface area contributed by atoms with Crippen molar-refractivity contribution in [3.8, 4) is 11.8 Å². The number of β-amino-alcohol motifs (C(OH)–C–C–N with tert-alkyl or cyclic N) is 1. The number of nitriles is 1. The van der Waals surface area contributed by atoms with Crippen LogP contribution < -0.4 is 4.74 Å². The molecule has 2 heterocycles. The van der Waals surface area contributed by atoms with Crippen LogP contribution in [0.25, 0.3) is 0 Å². The molecule has 0 radical (unpaired) electrons. The van der Waals surface area contributed by atoms with Crippen molar-refractivity contribution in [3.05, 3.63) is 29.8 Å². The largest absolute Gasteiger partial charge is 0.491 e. The molecule has 2 unspecified atom stereocenters. The molecule has 0 saturated carbocycles. The fourth-order valence-corrected chi connectivity index (χ4v) is 4.31. The Morgan fingerprint density at radius 3 is 2.41 bits per heavy atom. The molecule has 2 amide bonds. The molecule has 2 aliphatic rings. The summed E-state index contributed by atoms with van der Waals surface area (Å²) in [5.41, 5.74) is 0.588. The molecular weight excluding hydrogens is 368 g/mol. The molecule has 1 aromatic rings. The molecule has 2 saturated heterocycles. The number of aliphatic hydroxyl groups is 1. The Morgan fingerprint density at radius 1 is 1.24 bits per heavy atom. The molecule has 0 spiro atoms. The standard InChI is InChI=1S/C22H32N4O3/c1-16(2)24(3)22(28)26-12-18-8-19(13-26)11-25(10-18)14-20(27)15-29-21-6-4-17(9-23)5-7-21/h4-7,16,18-20,27H,8,10-15H2,1-3H3/t18?,19?,20-/m0/s1. The third kappa shape index (κ3) is 5.62. The monoisotopic (exact) mass is 400 g/mol. The number of aliphatic hydroxyl groups excluding tert-OH is 1. The molecule has 2 fully saturated rings. The molecule has 0 aromatic heterocycles. The number of rotatable bonds is 6. The molecule has 1 aromatic carbocycles. The Balaban J connectivity index is 1.45. The SMILES string of the molecule is CC(C)N(C)C(=O)N1CC2CC(CN(C[C@H](O)COc3ccc(C#N)cc3)C2)C1. The van der Waals surface area contributed by atoms with E-state index in [0.29, 0.717) is 29.7 Å². The second-order valence-corrected chi connectivity index (χ2v) is 8.68. The molecule has 2 aliphatic heterocycles. The van der Waals surface area contributed by atoms with Gasteiger partial charge in [0.15, 0.2) is 0 Å². The van der Waals surface area contributed by atoms with Gasteiger partial charge in [0.05, 0.1) is 11.6 Å². The summed E-state index contributed by atoms with van der Waals surface area (Å²) >= 11 is 0. The van der Waals surface area contributed by atoms with Gasteiger partial charge < -0.3 is 19.6 Å². The van der Waals surface area contributed by atoms with Crippen molar-refractivity contribution in [1.82, 2.24) is 14.7 Å². The maximum absolute atomic E-state index is 12.7. The molecule has 3 rings (SSSR count). The number of ether oxygens (including phenoxy) is 1. The number of carbonyl (C=O) groups is 1. The van der Waals surface area contributed by atoms with Crippen LogP contribution in [0.5, 0.6) is 5.75 Å². The fourth-order valence-electron chi connectivity index (χ4n) is 4.31. The minimum atomic E-state index is -0.575. The average Bonchev–Trinajstić information content (AvgIpc) is 2.70. The number of amides is 2. The topological polar surface area (TPSA) is 80.0 Å². The first-order valence-electron chi connectivity index (χ1n) is 10.4. The lowest BCUT2D eigenvalue weighted by atomic mass is 9.84. The van der Waals surface area contributed by atoms with Crippen LogP contribution in [-0.2, 0) is 0 Å². The van der Waals surface area contributed by atoms with E-state index in [0.717, 1.165) is 32.6 Å². The lowest BCUT2D eigenvalue weighted by Gasteiger charge is -2.47. The van der Waals surface area contributed by atoms with Crippen LogP contribution in [0.2, 0.25) is 0 Å². The van der Waals surface area contributed by atoms with E-state index >= 15 is 0 Å². The third-order valence-electron chi connectivity index (χ3n) is 5.90. The van der Waals surface area contributed by atoms with Crippen LogP contribution >= 0.6 is 0 Å². The van der Waals surface area contributed by atoms with Gasteiger partial charge in [-0.1, -0.05) is 0 Å². The van der Waals surface area contributed by atoms with Crippen molar-refractivity contribution in [1.29, 1.82) is 5.26 Å². The van der Waals surface area contributed by atoms with Crippen LogP contribution in [-0.4, -0.2) is 84.4 Å². The normalized spacial score (nSPS) is 22.8. The van der Waals surface area contributed by atoms with E-state index in [4.69, 9.17) is 10.00 Å². The molecule has 7 heteroatoms. The first-order chi connectivity index (χ1) is 13.9. The first-order valence-corrected chi connectivity index (χ1v) is 10.4. The van der Waals surface area contributed by atoms with E-state index < -0.39 is 6.10 Å². The highest BCUT2D eigenvalue weighted by atomic mass is 16.5. The van der Waals surface area contributed by atoms with E-state index in [2.05, 4.69) is 11.0 Å². The Hall–Kier alpha value is -2.30. The third-order valence-corrected chi connectivity index (χ3v) is 5.90. The summed E-state index contributed by atoms with van der Waals surface area (Å²) in [6.07, 6.45) is 0.582. The van der Waals surface area contributed by atoms with Crippen LogP contribution in [0.4, 0.5) is 4.79 Å². The number of hydrogen-bond donors (Lipinski definition) is 1. The summed E-state index contributed by atoms with van der Waals surface area (Å²) in [4.78, 5) is 18.8. The van der Waals surface area contributed by atoms with Gasteiger partial charge in [0.2, 0.25) is 0 Å².